The summed E-state index contributed by atoms with van der Waals surface area (Å²) < 4.78 is 0. The molecule has 5 heteroatoms. The first-order chi connectivity index (χ1) is 7.31. The molecule has 15 heavy (non-hydrogen) atoms. The fourth-order valence-corrected chi connectivity index (χ4v) is 2.45. The molecule has 1 saturated heterocycles. The van der Waals surface area contributed by atoms with Crippen LogP contribution in [0, 0.1) is 5.92 Å². The number of carbonyl (C=O) groups is 1. The second-order valence-corrected chi connectivity index (χ2v) is 4.55. The summed E-state index contributed by atoms with van der Waals surface area (Å²) in [5, 5.41) is 7.44. The maximum Gasteiger partial charge on any atom is 0.257 e. The molecule has 0 aliphatic carbocycles. The van der Waals surface area contributed by atoms with Crippen molar-refractivity contribution in [1.29, 1.82) is 0 Å². The van der Waals surface area contributed by atoms with Gasteiger partial charge in [0.2, 0.25) is 0 Å². The van der Waals surface area contributed by atoms with Crippen LogP contribution in [-0.2, 0) is 0 Å². The van der Waals surface area contributed by atoms with Crippen molar-refractivity contribution in [2.24, 2.45) is 5.92 Å². The van der Waals surface area contributed by atoms with Gasteiger partial charge in [-0.25, -0.2) is 0 Å². The van der Waals surface area contributed by atoms with Gasteiger partial charge in [-0.2, -0.15) is 5.10 Å². The summed E-state index contributed by atoms with van der Waals surface area (Å²) >= 11 is 3.48. The Bertz CT molecular complexity index is 325. The predicted molar refractivity (Wildman–Crippen MR) is 61.0 cm³/mol. The SMILES string of the molecule is O=C(c1cn[nH]c1)N1CCCC(CBr)C1. The van der Waals surface area contributed by atoms with Crippen LogP contribution >= 0.6 is 15.9 Å². The van der Waals surface area contributed by atoms with Gasteiger partial charge in [-0.15, -0.1) is 0 Å². The van der Waals surface area contributed by atoms with Gasteiger partial charge in [0.1, 0.15) is 0 Å². The van der Waals surface area contributed by atoms with Crippen LogP contribution in [0.25, 0.3) is 0 Å². The van der Waals surface area contributed by atoms with Crippen molar-refractivity contribution in [2.75, 3.05) is 18.4 Å². The third-order valence-corrected chi connectivity index (χ3v) is 3.69. The molecule has 1 fully saturated rings. The molecule has 0 saturated carbocycles. The zero-order chi connectivity index (χ0) is 10.7. The third-order valence-electron chi connectivity index (χ3n) is 2.77. The molecule has 1 aromatic heterocycles. The van der Waals surface area contributed by atoms with Crippen LogP contribution in [0.15, 0.2) is 12.4 Å². The summed E-state index contributed by atoms with van der Waals surface area (Å²) in [7, 11) is 0. The quantitative estimate of drug-likeness (QED) is 0.832. The predicted octanol–water partition coefficient (Wildman–Crippen LogP) is 1.66. The van der Waals surface area contributed by atoms with E-state index in [-0.39, 0.29) is 5.91 Å². The molecule has 1 atom stereocenters. The number of H-pyrrole nitrogens is 1. The van der Waals surface area contributed by atoms with E-state index < -0.39 is 0 Å². The van der Waals surface area contributed by atoms with Crippen LogP contribution in [0.1, 0.15) is 23.2 Å². The van der Waals surface area contributed by atoms with Crippen molar-refractivity contribution >= 4 is 21.8 Å². The van der Waals surface area contributed by atoms with Gasteiger partial charge in [0.25, 0.3) is 5.91 Å². The second-order valence-electron chi connectivity index (χ2n) is 3.90. The molecule has 1 unspecified atom stereocenters. The average molecular weight is 272 g/mol. The molecule has 0 spiro atoms. The van der Waals surface area contributed by atoms with E-state index in [1.165, 1.54) is 6.42 Å². The van der Waals surface area contributed by atoms with E-state index in [0.717, 1.165) is 24.8 Å². The molecule has 2 rings (SSSR count). The van der Waals surface area contributed by atoms with Gasteiger partial charge in [0.15, 0.2) is 0 Å². The number of aromatic amines is 1. The molecule has 0 aromatic carbocycles. The zero-order valence-corrected chi connectivity index (χ0v) is 10.0. The number of alkyl halides is 1. The van der Waals surface area contributed by atoms with Crippen molar-refractivity contribution in [1.82, 2.24) is 15.1 Å². The summed E-state index contributed by atoms with van der Waals surface area (Å²) in [5.41, 5.74) is 0.658. The van der Waals surface area contributed by atoms with Crippen LogP contribution < -0.4 is 0 Å². The van der Waals surface area contributed by atoms with Gasteiger partial charge in [0.05, 0.1) is 11.8 Å². The van der Waals surface area contributed by atoms with Crippen molar-refractivity contribution in [3.8, 4) is 0 Å². The normalized spacial score (nSPS) is 21.7. The fourth-order valence-electron chi connectivity index (χ4n) is 1.93. The lowest BCUT2D eigenvalue weighted by Gasteiger charge is -2.31. The lowest BCUT2D eigenvalue weighted by atomic mass is 10.00. The molecule has 2 heterocycles. The lowest BCUT2D eigenvalue weighted by Crippen LogP contribution is -2.40. The highest BCUT2D eigenvalue weighted by Gasteiger charge is 2.23. The minimum absolute atomic E-state index is 0.0920. The van der Waals surface area contributed by atoms with Crippen LogP contribution in [0.3, 0.4) is 0 Å². The van der Waals surface area contributed by atoms with Gasteiger partial charge in [-0.05, 0) is 18.8 Å². The first-order valence-corrected chi connectivity index (χ1v) is 6.27. The van der Waals surface area contributed by atoms with Crippen LogP contribution in [-0.4, -0.2) is 39.4 Å². The molecule has 0 bridgehead atoms. The summed E-state index contributed by atoms with van der Waals surface area (Å²) in [6.45, 7) is 1.72. The van der Waals surface area contributed by atoms with E-state index in [0.29, 0.717) is 11.5 Å². The van der Waals surface area contributed by atoms with E-state index in [2.05, 4.69) is 26.1 Å². The van der Waals surface area contributed by atoms with E-state index in [9.17, 15) is 4.79 Å². The number of amides is 1. The van der Waals surface area contributed by atoms with Crippen molar-refractivity contribution in [3.05, 3.63) is 18.0 Å². The van der Waals surface area contributed by atoms with Crippen molar-refractivity contribution < 1.29 is 4.79 Å². The van der Waals surface area contributed by atoms with Crippen LogP contribution in [0.5, 0.6) is 0 Å². The number of carbonyl (C=O) groups excluding carboxylic acids is 1. The molecular weight excluding hydrogens is 258 g/mol. The second kappa shape index (κ2) is 4.79. The molecule has 1 N–H and O–H groups in total. The first-order valence-electron chi connectivity index (χ1n) is 5.15. The van der Waals surface area contributed by atoms with Crippen molar-refractivity contribution in [2.45, 2.75) is 12.8 Å². The van der Waals surface area contributed by atoms with E-state index in [1.54, 1.807) is 12.4 Å². The highest BCUT2D eigenvalue weighted by molar-refractivity contribution is 9.09. The molecule has 82 valence electrons. The standard InChI is InChI=1S/C10H14BrN3O/c11-4-8-2-1-3-14(7-8)10(15)9-5-12-13-6-9/h5-6,8H,1-4,7H2,(H,12,13). The fraction of sp³-hybridized carbons (Fsp3) is 0.600. The molecule has 4 nitrogen and oxygen atoms in total. The average Bonchev–Trinajstić information content (AvgIpc) is 2.81. The number of nitrogens with one attached hydrogen (secondary N) is 1. The Hall–Kier alpha value is -0.840. The summed E-state index contributed by atoms with van der Waals surface area (Å²) in [4.78, 5) is 13.9. The summed E-state index contributed by atoms with van der Waals surface area (Å²) in [6, 6.07) is 0. The number of likely N-dealkylation sites (tertiary alicyclic amines) is 1. The largest absolute Gasteiger partial charge is 0.338 e. The van der Waals surface area contributed by atoms with Gasteiger partial charge in [0, 0.05) is 24.6 Å². The highest BCUT2D eigenvalue weighted by atomic mass is 79.9. The Morgan fingerprint density at radius 3 is 3.27 bits per heavy atom. The third kappa shape index (κ3) is 2.40. The molecule has 1 aliphatic rings. The molecule has 0 radical (unpaired) electrons. The Labute approximate surface area is 97.2 Å². The highest BCUT2D eigenvalue weighted by Crippen LogP contribution is 2.19. The topological polar surface area (TPSA) is 49.0 Å². The van der Waals surface area contributed by atoms with Gasteiger partial charge in [-0.1, -0.05) is 15.9 Å². The monoisotopic (exact) mass is 271 g/mol. The summed E-state index contributed by atoms with van der Waals surface area (Å²) in [5.74, 6) is 0.684. The summed E-state index contributed by atoms with van der Waals surface area (Å²) in [6.07, 6.45) is 5.54. The number of piperidine rings is 1. The smallest absolute Gasteiger partial charge is 0.257 e. The van der Waals surface area contributed by atoms with E-state index in [4.69, 9.17) is 0 Å². The maximum atomic E-state index is 12.0. The molecule has 1 aliphatic heterocycles. The lowest BCUT2D eigenvalue weighted by molar-refractivity contribution is 0.0686. The maximum absolute atomic E-state index is 12.0. The minimum atomic E-state index is 0.0920. The zero-order valence-electron chi connectivity index (χ0n) is 8.45. The Morgan fingerprint density at radius 1 is 1.73 bits per heavy atom. The van der Waals surface area contributed by atoms with Crippen LogP contribution in [0.2, 0.25) is 0 Å². The Morgan fingerprint density at radius 2 is 2.60 bits per heavy atom. The molecular formula is C10H14BrN3O. The number of hydrogen-bond donors (Lipinski definition) is 1. The number of hydrogen-bond acceptors (Lipinski definition) is 2. The number of rotatable bonds is 2. The Kier molecular flexibility index (Phi) is 3.41. The minimum Gasteiger partial charge on any atom is -0.338 e. The first kappa shape index (κ1) is 10.7. The number of halogens is 1. The Balaban J connectivity index is 2.01. The van der Waals surface area contributed by atoms with Crippen molar-refractivity contribution in [3.63, 3.8) is 0 Å². The van der Waals surface area contributed by atoms with Gasteiger partial charge < -0.3 is 4.90 Å². The molecule has 1 amide bonds. The van der Waals surface area contributed by atoms with E-state index in [1.807, 2.05) is 4.90 Å². The van der Waals surface area contributed by atoms with E-state index >= 15 is 0 Å². The number of nitrogens with zero attached hydrogens (tertiary/aromatic N) is 2. The van der Waals surface area contributed by atoms with Crippen LogP contribution in [0.4, 0.5) is 0 Å². The molecule has 1 aromatic rings. The number of aromatic nitrogens is 2. The van der Waals surface area contributed by atoms with Gasteiger partial charge in [-0.3, -0.25) is 9.89 Å². The van der Waals surface area contributed by atoms with Gasteiger partial charge >= 0.3 is 0 Å².